The number of benzene rings is 2. The maximum Gasteiger partial charge on any atom is 0.241 e. The van der Waals surface area contributed by atoms with Crippen molar-refractivity contribution in [1.29, 1.82) is 0 Å². The summed E-state index contributed by atoms with van der Waals surface area (Å²) in [6, 6.07) is 20.9. The minimum Gasteiger partial charge on any atom is -0.658 e. The number of hydrogen-bond donors (Lipinski definition) is 0. The first-order valence-electron chi connectivity index (χ1n) is 14.2. The van der Waals surface area contributed by atoms with E-state index in [-0.39, 0.29) is 31.9 Å². The third-order valence-electron chi connectivity index (χ3n) is 8.71. The van der Waals surface area contributed by atoms with E-state index in [2.05, 4.69) is 127 Å². The van der Waals surface area contributed by atoms with Crippen LogP contribution in [0.3, 0.4) is 0 Å². The zero-order valence-electron chi connectivity index (χ0n) is 25.6. The van der Waals surface area contributed by atoms with Gasteiger partial charge in [-0.2, -0.15) is 35.5 Å². The predicted molar refractivity (Wildman–Crippen MR) is 161 cm³/mol. The van der Waals surface area contributed by atoms with E-state index in [9.17, 15) is 0 Å². The van der Waals surface area contributed by atoms with Gasteiger partial charge in [0.25, 0.3) is 0 Å². The maximum atomic E-state index is 5.22. The van der Waals surface area contributed by atoms with Crippen molar-refractivity contribution in [2.24, 2.45) is 7.05 Å². The summed E-state index contributed by atoms with van der Waals surface area (Å²) < 4.78 is 6.13. The van der Waals surface area contributed by atoms with E-state index in [0.717, 1.165) is 28.5 Å². The van der Waals surface area contributed by atoms with Crippen molar-refractivity contribution in [3.8, 4) is 22.9 Å². The maximum absolute atomic E-state index is 5.22. The molecule has 0 saturated carbocycles. The molecule has 0 spiro atoms. The molecule has 6 heteroatoms. The van der Waals surface area contributed by atoms with E-state index in [1.165, 1.54) is 16.8 Å². The van der Waals surface area contributed by atoms with Crippen LogP contribution >= 0.6 is 0 Å². The fraction of sp³-hybridized carbons (Fsp3) is 0.371. The summed E-state index contributed by atoms with van der Waals surface area (Å²) in [5.74, 6) is 1.66. The van der Waals surface area contributed by atoms with Crippen LogP contribution in [0.2, 0.25) is 0 Å². The summed E-state index contributed by atoms with van der Waals surface area (Å²) in [6.45, 7) is 18.1. The van der Waals surface area contributed by atoms with Crippen LogP contribution in [-0.2, 0) is 38.9 Å². The summed E-state index contributed by atoms with van der Waals surface area (Å²) >= 11 is 0. The van der Waals surface area contributed by atoms with Gasteiger partial charge in [0, 0.05) is 45.9 Å². The molecule has 0 unspecified atom stereocenters. The van der Waals surface area contributed by atoms with Crippen LogP contribution in [0, 0.1) is 12.4 Å². The molecule has 0 radical (unpaired) electrons. The molecule has 5 nitrogen and oxygen atoms in total. The number of para-hydroxylation sites is 1. The molecule has 0 aliphatic heterocycles. The van der Waals surface area contributed by atoms with Gasteiger partial charge in [0.15, 0.2) is 0 Å². The van der Waals surface area contributed by atoms with E-state index in [1.54, 1.807) is 0 Å². The molecule has 0 bridgehead atoms. The quantitative estimate of drug-likeness (QED) is 0.125. The first kappa shape index (κ1) is 30.8. The van der Waals surface area contributed by atoms with E-state index in [4.69, 9.17) is 9.97 Å². The number of nitrogens with zero attached hydrogens (tertiary/aromatic N) is 5. The molecule has 5 aromatic rings. The number of aryl methyl sites for hydroxylation is 1. The molecule has 0 atom stereocenters. The SMILES string of the molecule is CC(C)c1cccc(C(C)C)c1-n1ccnc1-c1ccc(C(C)(C)C(C)(C)c2[c-]c(-[n+]3[c-]n(C)cc3)ccc2)[n-]1.[Pt]. The van der Waals surface area contributed by atoms with Crippen LogP contribution in [0.1, 0.15) is 89.6 Å². The molecular weight excluding hydrogens is 685 g/mol. The van der Waals surface area contributed by atoms with E-state index >= 15 is 0 Å². The molecule has 0 aliphatic rings. The Kier molecular flexibility index (Phi) is 8.71. The first-order valence-corrected chi connectivity index (χ1v) is 14.2. The summed E-state index contributed by atoms with van der Waals surface area (Å²) in [7, 11) is 1.97. The first-order chi connectivity index (χ1) is 18.9. The molecule has 5 rings (SSSR count). The van der Waals surface area contributed by atoms with E-state index in [1.807, 2.05) is 34.8 Å². The van der Waals surface area contributed by atoms with Crippen LogP contribution in [0.25, 0.3) is 22.9 Å². The molecule has 0 N–H and O–H groups in total. The molecule has 0 saturated heterocycles. The van der Waals surface area contributed by atoms with Gasteiger partial charge in [0.1, 0.15) is 5.82 Å². The van der Waals surface area contributed by atoms with Crippen LogP contribution in [0.5, 0.6) is 0 Å². The number of rotatable bonds is 8. The van der Waals surface area contributed by atoms with Gasteiger partial charge >= 0.3 is 0 Å². The molecule has 0 amide bonds. The van der Waals surface area contributed by atoms with Gasteiger partial charge in [-0.25, -0.2) is 4.98 Å². The molecule has 3 aromatic heterocycles. The molecule has 3 heterocycles. The van der Waals surface area contributed by atoms with Crippen LogP contribution in [-0.4, -0.2) is 14.1 Å². The molecule has 0 aliphatic carbocycles. The third-order valence-corrected chi connectivity index (χ3v) is 8.71. The molecule has 41 heavy (non-hydrogen) atoms. The predicted octanol–water partition coefficient (Wildman–Crippen LogP) is 7.21. The number of imidazole rings is 2. The van der Waals surface area contributed by atoms with Crippen LogP contribution in [0.15, 0.2) is 73.3 Å². The summed E-state index contributed by atoms with van der Waals surface area (Å²) in [5.41, 5.74) is 7.40. The van der Waals surface area contributed by atoms with Gasteiger partial charge in [0.2, 0.25) is 6.33 Å². The van der Waals surface area contributed by atoms with Crippen molar-refractivity contribution < 1.29 is 25.6 Å². The normalized spacial score (nSPS) is 12.3. The van der Waals surface area contributed by atoms with Gasteiger partial charge in [-0.3, -0.25) is 0 Å². The number of hydrogen-bond acceptors (Lipinski definition) is 1. The van der Waals surface area contributed by atoms with Crippen molar-refractivity contribution in [3.05, 3.63) is 108 Å². The second kappa shape index (κ2) is 11.6. The summed E-state index contributed by atoms with van der Waals surface area (Å²) in [4.78, 5) is 10.0. The molecular formula is C35H41N5Pt-2. The topological polar surface area (TPSA) is 40.7 Å². The Morgan fingerprint density at radius 3 is 2.12 bits per heavy atom. The van der Waals surface area contributed by atoms with Gasteiger partial charge in [-0.05, 0) is 33.8 Å². The Labute approximate surface area is 259 Å². The van der Waals surface area contributed by atoms with E-state index in [0.29, 0.717) is 11.8 Å². The molecule has 218 valence electrons. The monoisotopic (exact) mass is 726 g/mol. The zero-order chi connectivity index (χ0) is 28.8. The van der Waals surface area contributed by atoms with Crippen molar-refractivity contribution in [3.63, 3.8) is 0 Å². The Bertz CT molecular complexity index is 1600. The second-order valence-electron chi connectivity index (χ2n) is 12.5. The molecule has 0 fully saturated rings. The average Bonchev–Trinajstić information content (AvgIpc) is 3.68. The summed E-state index contributed by atoms with van der Waals surface area (Å²) in [5, 5.41) is 0. The summed E-state index contributed by atoms with van der Waals surface area (Å²) in [6.07, 6.45) is 11.2. The smallest absolute Gasteiger partial charge is 0.241 e. The third kappa shape index (κ3) is 5.54. The fourth-order valence-electron chi connectivity index (χ4n) is 5.45. The Balaban J connectivity index is 0.00000387. The molecule has 2 aromatic carbocycles. The van der Waals surface area contributed by atoms with Crippen molar-refractivity contribution in [2.45, 2.75) is 78.1 Å². The van der Waals surface area contributed by atoms with Crippen molar-refractivity contribution >= 4 is 0 Å². The largest absolute Gasteiger partial charge is 0.658 e. The van der Waals surface area contributed by atoms with Gasteiger partial charge in [0.05, 0.1) is 12.7 Å². The van der Waals surface area contributed by atoms with Crippen molar-refractivity contribution in [2.75, 3.05) is 0 Å². The average molecular weight is 727 g/mol. The Morgan fingerprint density at radius 1 is 0.854 bits per heavy atom. The Hall–Kier alpha value is -3.17. The fourth-order valence-corrected chi connectivity index (χ4v) is 5.45. The standard InChI is InChI=1S/C35H41N5.Pt/c1-24(2)28-14-11-15-29(25(3)4)32(28)40-19-18-36-33(40)30-16-17-31(37-30)35(7,8)34(5,6)26-12-10-13-27(22-26)39-21-20-38(9)23-39;/h10-21,24-25H,1-9H3;/q-2;. The Morgan fingerprint density at radius 2 is 1.51 bits per heavy atom. The van der Waals surface area contributed by atoms with Gasteiger partial charge in [-0.15, -0.1) is 0 Å². The number of aromatic nitrogens is 5. The van der Waals surface area contributed by atoms with Gasteiger partial charge < -0.3 is 18.7 Å². The van der Waals surface area contributed by atoms with Crippen LogP contribution < -0.4 is 9.55 Å². The van der Waals surface area contributed by atoms with E-state index < -0.39 is 0 Å². The van der Waals surface area contributed by atoms with Gasteiger partial charge in [-0.1, -0.05) is 97.1 Å². The minimum absolute atomic E-state index is 0. The second-order valence-corrected chi connectivity index (χ2v) is 12.5. The minimum atomic E-state index is -0.276. The van der Waals surface area contributed by atoms with Crippen molar-refractivity contribution in [1.82, 2.24) is 19.1 Å². The zero-order valence-corrected chi connectivity index (χ0v) is 27.9. The van der Waals surface area contributed by atoms with Crippen LogP contribution in [0.4, 0.5) is 0 Å².